The zero-order valence-corrected chi connectivity index (χ0v) is 21.3. The van der Waals surface area contributed by atoms with Gasteiger partial charge in [-0.1, -0.05) is 19.9 Å². The molecule has 10 nitrogen and oxygen atoms in total. The van der Waals surface area contributed by atoms with E-state index in [4.69, 9.17) is 0 Å². The van der Waals surface area contributed by atoms with E-state index in [2.05, 4.69) is 15.4 Å². The van der Waals surface area contributed by atoms with Crippen molar-refractivity contribution in [2.75, 3.05) is 6.54 Å². The third-order valence-corrected chi connectivity index (χ3v) is 6.91. The van der Waals surface area contributed by atoms with Crippen molar-refractivity contribution in [1.82, 2.24) is 29.4 Å². The molecule has 2 fully saturated rings. The first-order valence-electron chi connectivity index (χ1n) is 12.8. The molecule has 37 heavy (non-hydrogen) atoms. The number of pyridine rings is 1. The number of aromatic hydroxyl groups is 1. The van der Waals surface area contributed by atoms with Gasteiger partial charge in [-0.3, -0.25) is 23.9 Å². The van der Waals surface area contributed by atoms with Gasteiger partial charge in [0.15, 0.2) is 5.56 Å². The molecular weight excluding hydrogens is 472 g/mol. The monoisotopic (exact) mass is 504 g/mol. The Kier molecular flexibility index (Phi) is 6.57. The van der Waals surface area contributed by atoms with E-state index in [1.165, 1.54) is 6.08 Å². The molecule has 1 aliphatic carbocycles. The molecule has 5 rings (SSSR count). The molecule has 194 valence electrons. The van der Waals surface area contributed by atoms with Crippen LogP contribution in [-0.4, -0.2) is 53.6 Å². The number of hydrogen-bond acceptors (Lipinski definition) is 6. The van der Waals surface area contributed by atoms with Crippen LogP contribution in [0.4, 0.5) is 0 Å². The number of amides is 2. The summed E-state index contributed by atoms with van der Waals surface area (Å²) in [4.78, 5) is 45.4. The summed E-state index contributed by atoms with van der Waals surface area (Å²) in [6, 6.07) is 3.85. The highest BCUT2D eigenvalue weighted by molar-refractivity contribution is 5.97. The van der Waals surface area contributed by atoms with E-state index in [1.807, 2.05) is 30.9 Å². The van der Waals surface area contributed by atoms with E-state index in [-0.39, 0.29) is 35.4 Å². The Morgan fingerprint density at radius 2 is 2.05 bits per heavy atom. The second-order valence-corrected chi connectivity index (χ2v) is 10.3. The van der Waals surface area contributed by atoms with Crippen LogP contribution in [0.1, 0.15) is 72.8 Å². The van der Waals surface area contributed by atoms with E-state index >= 15 is 0 Å². The van der Waals surface area contributed by atoms with Crippen molar-refractivity contribution in [3.63, 3.8) is 0 Å². The van der Waals surface area contributed by atoms with Gasteiger partial charge in [-0.25, -0.2) is 0 Å². The molecule has 1 aliphatic heterocycles. The smallest absolute Gasteiger partial charge is 0.291 e. The molecular formula is C27H32N6O4. The summed E-state index contributed by atoms with van der Waals surface area (Å²) in [7, 11) is 0. The second-order valence-electron chi connectivity index (χ2n) is 10.3. The Morgan fingerprint density at radius 3 is 2.73 bits per heavy atom. The average Bonchev–Trinajstić information content (AvgIpc) is 3.42. The second kappa shape index (κ2) is 9.84. The van der Waals surface area contributed by atoms with Gasteiger partial charge in [0.05, 0.1) is 11.7 Å². The van der Waals surface area contributed by atoms with Gasteiger partial charge in [0, 0.05) is 43.2 Å². The van der Waals surface area contributed by atoms with Gasteiger partial charge in [0.1, 0.15) is 5.65 Å². The topological polar surface area (TPSA) is 122 Å². The molecule has 2 aliphatic rings. The largest absolute Gasteiger partial charge is 0.494 e. The number of aryl methyl sites for hydroxylation is 1. The third-order valence-electron chi connectivity index (χ3n) is 6.91. The van der Waals surface area contributed by atoms with Crippen LogP contribution in [0.25, 0.3) is 11.7 Å². The average molecular weight is 505 g/mol. The number of fused-ring (bicyclic) bond motifs is 1. The fourth-order valence-electron chi connectivity index (χ4n) is 4.98. The SMILES string of the molecule is Cc1nn2c(=O)c(C(=O)NC3CC3)c(O)n(CC(C)C)c2c1/C=C/C(=O)N1CCC[C@H]1c1cccnc1. The molecule has 3 aromatic rings. The highest BCUT2D eigenvalue weighted by Crippen LogP contribution is 2.32. The predicted octanol–water partition coefficient (Wildman–Crippen LogP) is 2.83. The van der Waals surface area contributed by atoms with E-state index in [9.17, 15) is 19.5 Å². The number of carbonyl (C=O) groups is 2. The molecule has 0 radical (unpaired) electrons. The maximum atomic E-state index is 13.3. The molecule has 0 aromatic carbocycles. The highest BCUT2D eigenvalue weighted by atomic mass is 16.3. The molecule has 0 spiro atoms. The van der Waals surface area contributed by atoms with Crippen LogP contribution in [-0.2, 0) is 11.3 Å². The number of likely N-dealkylation sites (tertiary alicyclic amines) is 1. The first-order valence-corrected chi connectivity index (χ1v) is 12.8. The van der Waals surface area contributed by atoms with E-state index in [1.54, 1.807) is 30.0 Å². The molecule has 2 N–H and O–H groups in total. The van der Waals surface area contributed by atoms with E-state index in [0.29, 0.717) is 30.0 Å². The zero-order valence-electron chi connectivity index (χ0n) is 21.3. The van der Waals surface area contributed by atoms with Crippen molar-refractivity contribution >= 4 is 23.5 Å². The Labute approximate surface area is 214 Å². The van der Waals surface area contributed by atoms with Gasteiger partial charge >= 0.3 is 0 Å². The van der Waals surface area contributed by atoms with Crippen LogP contribution in [0.2, 0.25) is 0 Å². The lowest BCUT2D eigenvalue weighted by molar-refractivity contribution is -0.126. The predicted molar refractivity (Wildman–Crippen MR) is 138 cm³/mol. The van der Waals surface area contributed by atoms with Gasteiger partial charge < -0.3 is 15.3 Å². The van der Waals surface area contributed by atoms with Crippen LogP contribution >= 0.6 is 0 Å². The van der Waals surface area contributed by atoms with E-state index in [0.717, 1.165) is 35.8 Å². The van der Waals surface area contributed by atoms with Crippen molar-refractivity contribution in [2.24, 2.45) is 5.92 Å². The van der Waals surface area contributed by atoms with Crippen molar-refractivity contribution < 1.29 is 14.7 Å². The first-order chi connectivity index (χ1) is 17.8. The van der Waals surface area contributed by atoms with Crippen molar-refractivity contribution in [1.29, 1.82) is 0 Å². The lowest BCUT2D eigenvalue weighted by Crippen LogP contribution is -2.34. The number of nitrogens with zero attached hydrogens (tertiary/aromatic N) is 5. The van der Waals surface area contributed by atoms with Crippen LogP contribution in [0.3, 0.4) is 0 Å². The van der Waals surface area contributed by atoms with Crippen LogP contribution in [0.5, 0.6) is 5.88 Å². The quantitative estimate of drug-likeness (QED) is 0.477. The summed E-state index contributed by atoms with van der Waals surface area (Å²) in [5.41, 5.74) is 1.42. The molecule has 0 unspecified atom stereocenters. The number of hydrogen-bond donors (Lipinski definition) is 2. The van der Waals surface area contributed by atoms with Crippen LogP contribution < -0.4 is 10.9 Å². The lowest BCUT2D eigenvalue weighted by Gasteiger charge is -2.23. The molecule has 4 heterocycles. The fourth-order valence-corrected chi connectivity index (χ4v) is 4.98. The zero-order chi connectivity index (χ0) is 26.3. The maximum Gasteiger partial charge on any atom is 0.291 e. The summed E-state index contributed by atoms with van der Waals surface area (Å²) in [6.07, 6.45) is 10.1. The summed E-state index contributed by atoms with van der Waals surface area (Å²) in [5, 5.41) is 18.3. The summed E-state index contributed by atoms with van der Waals surface area (Å²) < 4.78 is 2.71. The summed E-state index contributed by atoms with van der Waals surface area (Å²) >= 11 is 0. The normalized spacial score (nSPS) is 17.8. The number of nitrogens with one attached hydrogen (secondary N) is 1. The van der Waals surface area contributed by atoms with Gasteiger partial charge in [0.2, 0.25) is 11.8 Å². The number of rotatable bonds is 7. The van der Waals surface area contributed by atoms with Crippen LogP contribution in [0.15, 0.2) is 35.4 Å². The number of carbonyl (C=O) groups excluding carboxylic acids is 2. The first kappa shape index (κ1) is 24.7. The fraction of sp³-hybridized carbons (Fsp3) is 0.444. The summed E-state index contributed by atoms with van der Waals surface area (Å²) in [5.74, 6) is -1.02. The van der Waals surface area contributed by atoms with Crippen molar-refractivity contribution in [3.05, 3.63) is 63.3 Å². The van der Waals surface area contributed by atoms with Crippen LogP contribution in [0, 0.1) is 12.8 Å². The lowest BCUT2D eigenvalue weighted by atomic mass is 10.1. The van der Waals surface area contributed by atoms with Crippen molar-refractivity contribution in [3.8, 4) is 5.88 Å². The van der Waals surface area contributed by atoms with Crippen molar-refractivity contribution in [2.45, 2.75) is 65.1 Å². The van der Waals surface area contributed by atoms with Gasteiger partial charge in [0.25, 0.3) is 11.5 Å². The van der Waals surface area contributed by atoms with Gasteiger partial charge in [-0.2, -0.15) is 9.61 Å². The summed E-state index contributed by atoms with van der Waals surface area (Å²) in [6.45, 7) is 6.70. The molecule has 3 aromatic heterocycles. The van der Waals surface area contributed by atoms with E-state index < -0.39 is 11.5 Å². The Bertz CT molecular complexity index is 1430. The van der Waals surface area contributed by atoms with Gasteiger partial charge in [-0.05, 0) is 56.2 Å². The minimum absolute atomic E-state index is 0.0329. The maximum absolute atomic E-state index is 13.3. The molecule has 1 saturated heterocycles. The molecule has 1 atom stereocenters. The molecule has 0 bridgehead atoms. The third kappa shape index (κ3) is 4.75. The Morgan fingerprint density at radius 1 is 1.27 bits per heavy atom. The Balaban J connectivity index is 1.54. The minimum atomic E-state index is -0.684. The highest BCUT2D eigenvalue weighted by Gasteiger charge is 2.31. The standard InChI is InChI=1S/C27H32N6O4/c1-16(2)15-32-25-20(10-11-22(34)31-13-5-7-21(31)18-6-4-12-28-14-18)17(3)30-33(25)27(37)23(26(32)36)24(35)29-19-8-9-19/h4,6,10-12,14,16,19,21,36H,5,7-9,13,15H2,1-3H3,(H,29,35)/b11-10+/t21-/m0/s1. The molecule has 10 heteroatoms. The Hall–Kier alpha value is -3.95. The molecule has 1 saturated carbocycles. The molecule has 2 amide bonds. The van der Waals surface area contributed by atoms with Gasteiger partial charge in [-0.15, -0.1) is 0 Å². The number of aromatic nitrogens is 4. The minimum Gasteiger partial charge on any atom is -0.494 e.